The number of nitrogens with one attached hydrogen (secondary N) is 2. The largest absolute Gasteiger partial charge is 0.378 e. The van der Waals surface area contributed by atoms with Gasteiger partial charge in [0, 0.05) is 47.3 Å². The van der Waals surface area contributed by atoms with Crippen LogP contribution in [-0.4, -0.2) is 57.6 Å². The molecule has 2 atom stereocenters. The van der Waals surface area contributed by atoms with Crippen molar-refractivity contribution in [1.29, 1.82) is 0 Å². The average molecular weight is 493 g/mol. The second-order valence-corrected chi connectivity index (χ2v) is 9.90. The molecule has 2 aliphatic heterocycles. The van der Waals surface area contributed by atoms with Crippen molar-refractivity contribution >= 4 is 29.2 Å². The number of aliphatic hydroxyl groups is 1. The molecule has 4 heterocycles. The van der Waals surface area contributed by atoms with Crippen molar-refractivity contribution in [2.75, 3.05) is 24.5 Å². The van der Waals surface area contributed by atoms with Crippen molar-refractivity contribution in [1.82, 2.24) is 20.6 Å². The summed E-state index contributed by atoms with van der Waals surface area (Å²) in [6, 6.07) is 7.82. The van der Waals surface area contributed by atoms with Gasteiger partial charge in [0.25, 0.3) is 5.91 Å². The molecule has 3 aliphatic rings. The molecule has 9 heteroatoms. The number of allylic oxidation sites excluding steroid dienone is 2. The molecule has 5 rings (SSSR count). The van der Waals surface area contributed by atoms with Gasteiger partial charge in [0.15, 0.2) is 5.60 Å². The lowest BCUT2D eigenvalue weighted by atomic mass is 9.91. The predicted octanol–water partition coefficient (Wildman–Crippen LogP) is 3.13. The van der Waals surface area contributed by atoms with Crippen LogP contribution in [0.4, 0.5) is 5.82 Å². The van der Waals surface area contributed by atoms with E-state index in [-0.39, 0.29) is 18.0 Å². The molecule has 0 saturated carbocycles. The van der Waals surface area contributed by atoms with E-state index in [2.05, 4.69) is 27.5 Å². The highest BCUT2D eigenvalue weighted by Gasteiger charge is 2.40. The maximum Gasteiger partial charge on any atom is 0.253 e. The molecule has 1 amide bonds. The zero-order valence-electron chi connectivity index (χ0n) is 19.9. The van der Waals surface area contributed by atoms with Crippen molar-refractivity contribution in [3.8, 4) is 11.3 Å². The minimum Gasteiger partial charge on any atom is -0.378 e. The normalized spacial score (nSPS) is 25.7. The van der Waals surface area contributed by atoms with E-state index in [0.29, 0.717) is 13.0 Å². The quantitative estimate of drug-likeness (QED) is 0.592. The molecule has 0 spiro atoms. The molecule has 2 aromatic rings. The third kappa shape index (κ3) is 4.56. The van der Waals surface area contributed by atoms with Crippen molar-refractivity contribution < 1.29 is 9.90 Å². The van der Waals surface area contributed by atoms with Crippen LogP contribution >= 0.6 is 11.6 Å². The number of nitrogens with zero attached hydrogens (tertiary/aromatic N) is 4. The Kier molecular flexibility index (Phi) is 6.11. The summed E-state index contributed by atoms with van der Waals surface area (Å²) < 4.78 is 0. The highest BCUT2D eigenvalue weighted by atomic mass is 35.5. The van der Waals surface area contributed by atoms with E-state index in [1.807, 2.05) is 54.4 Å². The first-order valence-corrected chi connectivity index (χ1v) is 12.3. The number of fused-ring (bicyclic) bond motifs is 1. The number of anilines is 1. The smallest absolute Gasteiger partial charge is 0.253 e. The van der Waals surface area contributed by atoms with Crippen molar-refractivity contribution in [2.45, 2.75) is 44.2 Å². The van der Waals surface area contributed by atoms with Gasteiger partial charge in [0.1, 0.15) is 17.2 Å². The predicted molar refractivity (Wildman–Crippen MR) is 137 cm³/mol. The van der Waals surface area contributed by atoms with Gasteiger partial charge in [-0.1, -0.05) is 17.7 Å². The van der Waals surface area contributed by atoms with E-state index >= 15 is 0 Å². The maximum absolute atomic E-state index is 12.3. The van der Waals surface area contributed by atoms with E-state index < -0.39 is 5.60 Å². The Morgan fingerprint density at radius 2 is 2.03 bits per heavy atom. The Bertz CT molecular complexity index is 1220. The molecule has 0 aromatic carbocycles. The first-order chi connectivity index (χ1) is 16.8. The van der Waals surface area contributed by atoms with Gasteiger partial charge in [-0.3, -0.25) is 14.8 Å². The third-order valence-corrected chi connectivity index (χ3v) is 7.07. The molecule has 35 heavy (non-hydrogen) atoms. The van der Waals surface area contributed by atoms with Crippen LogP contribution < -0.4 is 15.5 Å². The Hall–Kier alpha value is -3.23. The van der Waals surface area contributed by atoms with Gasteiger partial charge < -0.3 is 20.6 Å². The number of rotatable bonds is 5. The van der Waals surface area contributed by atoms with Gasteiger partial charge in [-0.2, -0.15) is 0 Å². The van der Waals surface area contributed by atoms with E-state index in [4.69, 9.17) is 16.6 Å². The Balaban J connectivity index is 1.29. The monoisotopic (exact) mass is 492 g/mol. The summed E-state index contributed by atoms with van der Waals surface area (Å²) in [5.41, 5.74) is 1.89. The molecular weight excluding hydrogens is 464 g/mol. The maximum atomic E-state index is 12.3. The summed E-state index contributed by atoms with van der Waals surface area (Å²) in [7, 11) is 0. The molecule has 1 saturated heterocycles. The topological polar surface area (TPSA) is 103 Å². The van der Waals surface area contributed by atoms with Crippen LogP contribution in [0.2, 0.25) is 0 Å². The van der Waals surface area contributed by atoms with Gasteiger partial charge in [-0.15, -0.1) is 0 Å². The number of hydrogen-bond acceptors (Lipinski definition) is 7. The number of amidine groups is 1. The number of carbonyl (C=O) groups is 1. The summed E-state index contributed by atoms with van der Waals surface area (Å²) in [6.07, 6.45) is 9.42. The zero-order chi connectivity index (χ0) is 24.6. The van der Waals surface area contributed by atoms with Crippen molar-refractivity contribution in [3.05, 3.63) is 65.1 Å². The number of halogens is 1. The number of amides is 1. The lowest BCUT2D eigenvalue weighted by molar-refractivity contribution is -0.140. The minimum atomic E-state index is -1.39. The number of pyridine rings is 2. The van der Waals surface area contributed by atoms with Gasteiger partial charge >= 0.3 is 0 Å². The van der Waals surface area contributed by atoms with Crippen LogP contribution in [0, 0.1) is 0 Å². The highest BCUT2D eigenvalue weighted by Crippen LogP contribution is 2.35. The van der Waals surface area contributed by atoms with Crippen molar-refractivity contribution in [3.63, 3.8) is 0 Å². The zero-order valence-corrected chi connectivity index (χ0v) is 20.6. The summed E-state index contributed by atoms with van der Waals surface area (Å²) in [5.74, 6) is 1.19. The number of carbonyl (C=O) groups excluding carboxylic acids is 1. The minimum absolute atomic E-state index is 0.226. The van der Waals surface area contributed by atoms with Crippen LogP contribution in [0.15, 0.2) is 64.5 Å². The molecule has 8 nitrogen and oxygen atoms in total. The molecule has 1 unspecified atom stereocenters. The summed E-state index contributed by atoms with van der Waals surface area (Å²) in [6.45, 7) is 5.40. The Morgan fingerprint density at radius 3 is 2.74 bits per heavy atom. The van der Waals surface area contributed by atoms with Crippen molar-refractivity contribution in [2.24, 2.45) is 4.99 Å². The van der Waals surface area contributed by atoms with E-state index in [1.54, 1.807) is 6.20 Å². The number of piperidine rings is 1. The first kappa shape index (κ1) is 23.5. The van der Waals surface area contributed by atoms with Crippen LogP contribution in [0.5, 0.6) is 0 Å². The molecule has 0 bridgehead atoms. The molecular formula is C26H29ClN6O2. The fraction of sp³-hybridized carbons (Fsp3) is 0.385. The number of likely N-dealkylation sites (N-methyl/N-ethyl adjacent to an activating group) is 1. The number of aromatic nitrogens is 2. The second kappa shape index (κ2) is 9.09. The summed E-state index contributed by atoms with van der Waals surface area (Å²) in [4.78, 5) is 28.4. The summed E-state index contributed by atoms with van der Waals surface area (Å²) in [5, 5.41) is 17.7. The molecule has 1 aliphatic carbocycles. The van der Waals surface area contributed by atoms with Crippen LogP contribution in [0.1, 0.15) is 38.7 Å². The van der Waals surface area contributed by atoms with Gasteiger partial charge in [-0.05, 0) is 63.5 Å². The van der Waals surface area contributed by atoms with E-state index in [1.165, 1.54) is 0 Å². The van der Waals surface area contributed by atoms with E-state index in [9.17, 15) is 9.90 Å². The molecule has 2 aromatic heterocycles. The number of β-amino-alcohol motifs (C(OH)–C–C–N with tert-alkyl or cyclic N) is 1. The van der Waals surface area contributed by atoms with Crippen LogP contribution in [0.3, 0.4) is 0 Å². The lowest BCUT2D eigenvalue weighted by Gasteiger charge is -2.38. The molecule has 182 valence electrons. The van der Waals surface area contributed by atoms with Gasteiger partial charge in [-0.25, -0.2) is 4.98 Å². The van der Waals surface area contributed by atoms with Gasteiger partial charge in [0.05, 0.1) is 12.2 Å². The highest BCUT2D eigenvalue weighted by molar-refractivity contribution is 6.31. The summed E-state index contributed by atoms with van der Waals surface area (Å²) >= 11 is 6.17. The fourth-order valence-corrected chi connectivity index (χ4v) is 4.93. The molecule has 1 fully saturated rings. The third-order valence-electron chi connectivity index (χ3n) is 6.80. The Morgan fingerprint density at radius 1 is 1.23 bits per heavy atom. The molecule has 3 N–H and O–H groups in total. The second-order valence-electron chi connectivity index (χ2n) is 9.46. The van der Waals surface area contributed by atoms with Crippen LogP contribution in [-0.2, 0) is 4.79 Å². The Labute approximate surface area is 209 Å². The first-order valence-electron chi connectivity index (χ1n) is 11.9. The standard InChI is InChI=1S/C26H29ClN6O2/c1-3-28-24(34)26(35)10-4-12-33(16-26)22-8-6-17(14-30-22)20-7-5-18(15-29-20)23-31-21-13-19(27)9-11-25(21,2)32-23/h5-9,13-15,35H,3-4,10-12,16H2,1-2H3,(H,28,34)(H,31,32)/t25?,26-/m0/s1. The SMILES string of the molecule is CCNC(=O)[C@]1(O)CCCN(c2ccc(-c3ccc(C4=NC5(C)CC=C(Cl)C=C5N4)cn3)cn2)C1. The lowest BCUT2D eigenvalue weighted by Crippen LogP contribution is -2.57. The molecule has 0 radical (unpaired) electrons. The van der Waals surface area contributed by atoms with E-state index in [0.717, 1.165) is 58.6 Å². The van der Waals surface area contributed by atoms with Gasteiger partial charge in [0.2, 0.25) is 0 Å². The number of aliphatic imine (C=N–C) groups is 1. The fourth-order valence-electron chi connectivity index (χ4n) is 4.75. The number of hydrogen-bond donors (Lipinski definition) is 3. The van der Waals surface area contributed by atoms with Crippen LogP contribution in [0.25, 0.3) is 11.3 Å². The average Bonchev–Trinajstić information content (AvgIpc) is 3.21.